The maximum atomic E-state index is 11.1. The van der Waals surface area contributed by atoms with E-state index in [2.05, 4.69) is 5.10 Å². The second kappa shape index (κ2) is 4.76. The number of nitrogens with two attached hydrogens (primary N) is 1. The van der Waals surface area contributed by atoms with E-state index in [1.165, 1.54) is 0 Å². The summed E-state index contributed by atoms with van der Waals surface area (Å²) in [5.74, 6) is -0.274. The van der Waals surface area contributed by atoms with Gasteiger partial charge in [-0.3, -0.25) is 9.48 Å². The fraction of sp³-hybridized carbons (Fsp3) is 0.556. The Balaban J connectivity index is 2.50. The van der Waals surface area contributed by atoms with E-state index in [1.54, 1.807) is 31.0 Å². The van der Waals surface area contributed by atoms with E-state index in [0.717, 1.165) is 5.56 Å². The first kappa shape index (κ1) is 10.7. The van der Waals surface area contributed by atoms with Crippen molar-refractivity contribution in [2.75, 3.05) is 6.61 Å². The van der Waals surface area contributed by atoms with Crippen LogP contribution in [0.1, 0.15) is 24.9 Å². The lowest BCUT2D eigenvalue weighted by Crippen LogP contribution is -2.16. The van der Waals surface area contributed by atoms with Gasteiger partial charge >= 0.3 is 5.97 Å². The zero-order valence-electron chi connectivity index (χ0n) is 8.43. The lowest BCUT2D eigenvalue weighted by Gasteiger charge is -2.07. The number of aromatic nitrogens is 2. The van der Waals surface area contributed by atoms with Crippen molar-refractivity contribution in [1.29, 1.82) is 0 Å². The monoisotopic (exact) mass is 197 g/mol. The van der Waals surface area contributed by atoms with Crippen molar-refractivity contribution in [3.05, 3.63) is 18.0 Å². The minimum atomic E-state index is -0.331. The van der Waals surface area contributed by atoms with Gasteiger partial charge in [0.1, 0.15) is 0 Å². The van der Waals surface area contributed by atoms with Crippen LogP contribution in [0.3, 0.4) is 0 Å². The third-order valence-electron chi connectivity index (χ3n) is 1.84. The molecule has 0 spiro atoms. The van der Waals surface area contributed by atoms with Crippen molar-refractivity contribution in [2.45, 2.75) is 19.4 Å². The molecule has 1 heterocycles. The summed E-state index contributed by atoms with van der Waals surface area (Å²) < 4.78 is 6.45. The Hall–Kier alpha value is -1.36. The molecule has 0 aliphatic heterocycles. The fourth-order valence-corrected chi connectivity index (χ4v) is 1.15. The number of carbonyl (C=O) groups excluding carboxylic acids is 1. The van der Waals surface area contributed by atoms with Crippen LogP contribution in [-0.4, -0.2) is 22.4 Å². The summed E-state index contributed by atoms with van der Waals surface area (Å²) in [7, 11) is 1.81. The quantitative estimate of drug-likeness (QED) is 0.708. The Morgan fingerprint density at radius 3 is 3.00 bits per heavy atom. The smallest absolute Gasteiger partial charge is 0.307 e. The maximum Gasteiger partial charge on any atom is 0.307 e. The van der Waals surface area contributed by atoms with Gasteiger partial charge in [-0.1, -0.05) is 0 Å². The molecule has 0 saturated carbocycles. The third-order valence-corrected chi connectivity index (χ3v) is 1.84. The van der Waals surface area contributed by atoms with Gasteiger partial charge < -0.3 is 10.5 Å². The SMILES string of the molecule is CCOC(=O)C[C@@H](N)c1cnn(C)c1. The third kappa shape index (κ3) is 2.85. The summed E-state index contributed by atoms with van der Waals surface area (Å²) in [4.78, 5) is 11.1. The predicted molar refractivity (Wildman–Crippen MR) is 51.4 cm³/mol. The molecule has 0 fully saturated rings. The summed E-state index contributed by atoms with van der Waals surface area (Å²) >= 11 is 0. The molecule has 0 aromatic carbocycles. The van der Waals surface area contributed by atoms with Crippen LogP contribution in [0.5, 0.6) is 0 Å². The summed E-state index contributed by atoms with van der Waals surface area (Å²) in [5.41, 5.74) is 6.63. The second-order valence-corrected chi connectivity index (χ2v) is 3.06. The van der Waals surface area contributed by atoms with Gasteiger partial charge in [-0.05, 0) is 6.92 Å². The van der Waals surface area contributed by atoms with Gasteiger partial charge in [0.15, 0.2) is 0 Å². The van der Waals surface area contributed by atoms with Gasteiger partial charge in [-0.15, -0.1) is 0 Å². The average molecular weight is 197 g/mol. The summed E-state index contributed by atoms with van der Waals surface area (Å²) in [6, 6.07) is -0.331. The van der Waals surface area contributed by atoms with Crippen molar-refractivity contribution in [2.24, 2.45) is 12.8 Å². The highest BCUT2D eigenvalue weighted by Gasteiger charge is 2.13. The van der Waals surface area contributed by atoms with E-state index in [9.17, 15) is 4.79 Å². The van der Waals surface area contributed by atoms with Gasteiger partial charge in [-0.2, -0.15) is 5.10 Å². The molecule has 78 valence electrons. The van der Waals surface area contributed by atoms with E-state index >= 15 is 0 Å². The van der Waals surface area contributed by atoms with Crippen LogP contribution < -0.4 is 5.73 Å². The normalized spacial score (nSPS) is 12.5. The number of aryl methyl sites for hydroxylation is 1. The molecular weight excluding hydrogens is 182 g/mol. The molecule has 0 aliphatic carbocycles. The van der Waals surface area contributed by atoms with E-state index in [4.69, 9.17) is 10.5 Å². The lowest BCUT2D eigenvalue weighted by molar-refractivity contribution is -0.143. The Morgan fingerprint density at radius 1 is 1.79 bits per heavy atom. The van der Waals surface area contributed by atoms with Crippen LogP contribution >= 0.6 is 0 Å². The van der Waals surface area contributed by atoms with E-state index in [1.807, 2.05) is 0 Å². The van der Waals surface area contributed by atoms with Crippen LogP contribution in [0.25, 0.3) is 0 Å². The molecule has 0 amide bonds. The molecule has 2 N–H and O–H groups in total. The molecule has 1 aromatic rings. The minimum Gasteiger partial charge on any atom is -0.466 e. The molecule has 1 atom stereocenters. The summed E-state index contributed by atoms with van der Waals surface area (Å²) in [6.07, 6.45) is 3.65. The Bertz CT molecular complexity index is 309. The van der Waals surface area contributed by atoms with Gasteiger partial charge in [0, 0.05) is 24.8 Å². The topological polar surface area (TPSA) is 70.1 Å². The van der Waals surface area contributed by atoms with Gasteiger partial charge in [0.2, 0.25) is 0 Å². The van der Waals surface area contributed by atoms with Crippen LogP contribution in [0.2, 0.25) is 0 Å². The number of hydrogen-bond acceptors (Lipinski definition) is 4. The number of esters is 1. The van der Waals surface area contributed by atoms with E-state index < -0.39 is 0 Å². The molecule has 1 aromatic heterocycles. The number of rotatable bonds is 4. The standard InChI is InChI=1S/C9H15N3O2/c1-3-14-9(13)4-8(10)7-5-11-12(2)6-7/h5-6,8H,3-4,10H2,1-2H3/t8-/m1/s1. The number of nitrogens with zero attached hydrogens (tertiary/aromatic N) is 2. The first-order valence-corrected chi connectivity index (χ1v) is 4.53. The Morgan fingerprint density at radius 2 is 2.50 bits per heavy atom. The van der Waals surface area contributed by atoms with Crippen molar-refractivity contribution >= 4 is 5.97 Å². The van der Waals surface area contributed by atoms with E-state index in [0.29, 0.717) is 6.61 Å². The first-order chi connectivity index (χ1) is 6.63. The molecule has 5 nitrogen and oxygen atoms in total. The molecule has 0 unspecified atom stereocenters. The van der Waals surface area contributed by atoms with Gasteiger partial charge in [0.25, 0.3) is 0 Å². The maximum absolute atomic E-state index is 11.1. The zero-order valence-corrected chi connectivity index (χ0v) is 8.43. The van der Waals surface area contributed by atoms with Crippen LogP contribution in [-0.2, 0) is 16.6 Å². The van der Waals surface area contributed by atoms with Gasteiger partial charge in [0.05, 0.1) is 19.2 Å². The summed E-state index contributed by atoms with van der Waals surface area (Å²) in [6.45, 7) is 2.16. The summed E-state index contributed by atoms with van der Waals surface area (Å²) in [5, 5.41) is 3.98. The minimum absolute atomic E-state index is 0.194. The van der Waals surface area contributed by atoms with Crippen molar-refractivity contribution in [3.63, 3.8) is 0 Å². The zero-order chi connectivity index (χ0) is 10.6. The Kier molecular flexibility index (Phi) is 3.64. The number of ether oxygens (including phenoxy) is 1. The van der Waals surface area contributed by atoms with Gasteiger partial charge in [-0.25, -0.2) is 0 Å². The number of carbonyl (C=O) groups is 1. The predicted octanol–water partition coefficient (Wildman–Crippen LogP) is 0.373. The lowest BCUT2D eigenvalue weighted by atomic mass is 10.1. The Labute approximate surface area is 82.8 Å². The van der Waals surface area contributed by atoms with Crippen LogP contribution in [0.4, 0.5) is 0 Å². The molecule has 1 rings (SSSR count). The molecule has 5 heteroatoms. The highest BCUT2D eigenvalue weighted by molar-refractivity contribution is 5.70. The second-order valence-electron chi connectivity index (χ2n) is 3.06. The molecular formula is C9H15N3O2. The molecule has 0 aliphatic rings. The largest absolute Gasteiger partial charge is 0.466 e. The molecule has 0 bridgehead atoms. The van der Waals surface area contributed by atoms with E-state index in [-0.39, 0.29) is 18.4 Å². The highest BCUT2D eigenvalue weighted by atomic mass is 16.5. The van der Waals surface area contributed by atoms with Crippen LogP contribution in [0.15, 0.2) is 12.4 Å². The first-order valence-electron chi connectivity index (χ1n) is 4.53. The van der Waals surface area contributed by atoms with Crippen molar-refractivity contribution in [1.82, 2.24) is 9.78 Å². The fourth-order valence-electron chi connectivity index (χ4n) is 1.15. The molecule has 14 heavy (non-hydrogen) atoms. The van der Waals surface area contributed by atoms with Crippen LogP contribution in [0, 0.1) is 0 Å². The average Bonchev–Trinajstić information content (AvgIpc) is 2.52. The molecule has 0 saturated heterocycles. The highest BCUT2D eigenvalue weighted by Crippen LogP contribution is 2.12. The van der Waals surface area contributed by atoms with Crippen molar-refractivity contribution in [3.8, 4) is 0 Å². The molecule has 0 radical (unpaired) electrons. The number of hydrogen-bond donors (Lipinski definition) is 1. The van der Waals surface area contributed by atoms with Crippen molar-refractivity contribution < 1.29 is 9.53 Å².